The van der Waals surface area contributed by atoms with Crippen molar-refractivity contribution in [3.8, 4) is 23.3 Å². The fourth-order valence-electron chi connectivity index (χ4n) is 2.48. The maximum atomic E-state index is 14.0. The van der Waals surface area contributed by atoms with Crippen LogP contribution in [0.25, 0.3) is 0 Å². The van der Waals surface area contributed by atoms with E-state index in [0.29, 0.717) is 11.3 Å². The molecule has 1 atom stereocenters. The number of hydrogen-bond donors (Lipinski definition) is 1. The molecule has 2 N–H and O–H groups in total. The molecule has 1 heterocycles. The summed E-state index contributed by atoms with van der Waals surface area (Å²) < 4.78 is 19.6. The zero-order valence-electron chi connectivity index (χ0n) is 13.8. The summed E-state index contributed by atoms with van der Waals surface area (Å²) >= 11 is 0. The number of non-ortho nitro benzene ring substituents is 1. The fourth-order valence-corrected chi connectivity index (χ4v) is 2.48. The zero-order valence-corrected chi connectivity index (χ0v) is 13.8. The monoisotopic (exact) mass is 353 g/mol. The molecular weight excluding hydrogens is 337 g/mol. The molecule has 7 heteroatoms. The van der Waals surface area contributed by atoms with Crippen molar-refractivity contribution in [3.63, 3.8) is 0 Å². The first-order valence-electron chi connectivity index (χ1n) is 8.05. The van der Waals surface area contributed by atoms with Gasteiger partial charge in [0.2, 0.25) is 0 Å². The number of nitrogens with zero attached hydrogens (tertiary/aromatic N) is 2. The van der Waals surface area contributed by atoms with Crippen molar-refractivity contribution in [1.82, 2.24) is 4.98 Å². The molecule has 0 saturated carbocycles. The molecule has 1 unspecified atom stereocenters. The molecule has 6 nitrogen and oxygen atoms in total. The van der Waals surface area contributed by atoms with Crippen molar-refractivity contribution < 1.29 is 14.1 Å². The second-order valence-electron chi connectivity index (χ2n) is 5.86. The van der Waals surface area contributed by atoms with Gasteiger partial charge in [-0.25, -0.2) is 4.39 Å². The van der Waals surface area contributed by atoms with Gasteiger partial charge in [0, 0.05) is 30.6 Å². The lowest BCUT2D eigenvalue weighted by atomic mass is 9.96. The van der Waals surface area contributed by atoms with Gasteiger partial charge < -0.3 is 10.5 Å². The summed E-state index contributed by atoms with van der Waals surface area (Å²) in [5.41, 5.74) is 7.02. The number of benzene rings is 1. The van der Waals surface area contributed by atoms with Crippen LogP contribution in [0.3, 0.4) is 0 Å². The fraction of sp³-hybridized carbons (Fsp3) is 0.211. The third-order valence-electron chi connectivity index (χ3n) is 3.94. The van der Waals surface area contributed by atoms with E-state index in [1.54, 1.807) is 6.07 Å². The number of hydrogen-bond acceptors (Lipinski definition) is 5. The molecule has 0 saturated heterocycles. The van der Waals surface area contributed by atoms with Gasteiger partial charge in [-0.05, 0) is 30.9 Å². The zero-order chi connectivity index (χ0) is 18.5. The number of allylic oxidation sites excluding steroid dienone is 1. The molecule has 26 heavy (non-hydrogen) atoms. The molecule has 3 rings (SSSR count). The first-order chi connectivity index (χ1) is 12.5. The molecular formula is C19H16FN3O3. The predicted molar refractivity (Wildman–Crippen MR) is 94.2 cm³/mol. The quantitative estimate of drug-likeness (QED) is 0.516. The minimum atomic E-state index is -0.820. The van der Waals surface area contributed by atoms with E-state index in [0.717, 1.165) is 30.9 Å². The number of pyridine rings is 1. The smallest absolute Gasteiger partial charge is 0.272 e. The van der Waals surface area contributed by atoms with Crippen LogP contribution in [0.4, 0.5) is 10.1 Å². The van der Waals surface area contributed by atoms with Crippen LogP contribution in [-0.4, -0.2) is 15.9 Å². The summed E-state index contributed by atoms with van der Waals surface area (Å²) in [5.74, 6) is 5.45. The molecule has 1 aromatic carbocycles. The number of nitrogens with two attached hydrogens (primary N) is 1. The van der Waals surface area contributed by atoms with Crippen LogP contribution in [-0.2, 0) is 0 Å². The lowest BCUT2D eigenvalue weighted by molar-refractivity contribution is -0.385. The van der Waals surface area contributed by atoms with E-state index in [-0.39, 0.29) is 17.5 Å². The van der Waals surface area contributed by atoms with Gasteiger partial charge >= 0.3 is 0 Å². The van der Waals surface area contributed by atoms with Crippen molar-refractivity contribution in [2.45, 2.75) is 25.3 Å². The van der Waals surface area contributed by atoms with Gasteiger partial charge in [0.15, 0.2) is 11.6 Å². The van der Waals surface area contributed by atoms with E-state index in [1.807, 2.05) is 6.08 Å². The van der Waals surface area contributed by atoms with Gasteiger partial charge in [-0.15, -0.1) is 0 Å². The number of ether oxygens (including phenoxy) is 1. The Labute approximate surface area is 149 Å². The molecule has 0 amide bonds. The normalized spacial score (nSPS) is 16.2. The Morgan fingerprint density at radius 3 is 2.85 bits per heavy atom. The van der Waals surface area contributed by atoms with Crippen LogP contribution < -0.4 is 10.5 Å². The summed E-state index contributed by atoms with van der Waals surface area (Å²) in [7, 11) is 0. The van der Waals surface area contributed by atoms with Crippen molar-refractivity contribution in [3.05, 3.63) is 69.8 Å². The topological polar surface area (TPSA) is 91.3 Å². The molecule has 0 aliphatic heterocycles. The predicted octanol–water partition coefficient (Wildman–Crippen LogP) is 3.71. The summed E-state index contributed by atoms with van der Waals surface area (Å²) in [4.78, 5) is 14.0. The number of rotatable bonds is 3. The molecule has 0 bridgehead atoms. The third-order valence-corrected chi connectivity index (χ3v) is 3.94. The van der Waals surface area contributed by atoms with Gasteiger partial charge in [-0.3, -0.25) is 15.1 Å². The average Bonchev–Trinajstić information content (AvgIpc) is 2.64. The van der Waals surface area contributed by atoms with Gasteiger partial charge in [0.05, 0.1) is 16.6 Å². The average molecular weight is 353 g/mol. The summed E-state index contributed by atoms with van der Waals surface area (Å²) in [6, 6.07) is 4.97. The highest BCUT2D eigenvalue weighted by Crippen LogP contribution is 2.29. The highest BCUT2D eigenvalue weighted by Gasteiger charge is 2.13. The van der Waals surface area contributed by atoms with Gasteiger partial charge in [0.1, 0.15) is 5.75 Å². The first kappa shape index (κ1) is 17.6. The van der Waals surface area contributed by atoms with Gasteiger partial charge in [-0.2, -0.15) is 0 Å². The van der Waals surface area contributed by atoms with Crippen molar-refractivity contribution >= 4 is 5.69 Å². The highest BCUT2D eigenvalue weighted by molar-refractivity contribution is 5.49. The standard InChI is InChI=1S/C19H16FN3O3/c20-17-11-16(23(24)25)7-8-19(17)26-18-9-10-22-12-14(18)4-1-13-2-5-15(21)6-3-13/h2,7-12,15H,3,5-6,21H2. The molecule has 132 valence electrons. The lowest BCUT2D eigenvalue weighted by Crippen LogP contribution is -2.21. The van der Waals surface area contributed by atoms with E-state index in [9.17, 15) is 14.5 Å². The maximum absolute atomic E-state index is 14.0. The van der Waals surface area contributed by atoms with E-state index < -0.39 is 10.7 Å². The van der Waals surface area contributed by atoms with Crippen LogP contribution in [0.5, 0.6) is 11.5 Å². The molecule has 1 aliphatic rings. The van der Waals surface area contributed by atoms with Gasteiger partial charge in [0.25, 0.3) is 5.69 Å². The van der Waals surface area contributed by atoms with E-state index in [2.05, 4.69) is 16.8 Å². The second-order valence-corrected chi connectivity index (χ2v) is 5.86. The molecule has 1 aromatic heterocycles. The second kappa shape index (κ2) is 7.76. The summed E-state index contributed by atoms with van der Waals surface area (Å²) in [6.45, 7) is 0. The molecule has 0 fully saturated rings. The van der Waals surface area contributed by atoms with Gasteiger partial charge in [-0.1, -0.05) is 17.9 Å². The number of nitro groups is 1. The van der Waals surface area contributed by atoms with Crippen LogP contribution in [0.15, 0.2) is 48.3 Å². The van der Waals surface area contributed by atoms with Crippen LogP contribution in [0.1, 0.15) is 24.8 Å². The Balaban J connectivity index is 1.83. The SMILES string of the molecule is NC1CC=C(C#Cc2cnccc2Oc2ccc([N+](=O)[O-])cc2F)CC1. The Bertz CT molecular complexity index is 931. The minimum Gasteiger partial charge on any atom is -0.453 e. The van der Waals surface area contributed by atoms with Crippen molar-refractivity contribution in [2.24, 2.45) is 5.73 Å². The number of halogens is 1. The minimum absolute atomic E-state index is 0.118. The van der Waals surface area contributed by atoms with Crippen molar-refractivity contribution in [1.29, 1.82) is 0 Å². The Morgan fingerprint density at radius 2 is 2.15 bits per heavy atom. The first-order valence-corrected chi connectivity index (χ1v) is 8.05. The van der Waals surface area contributed by atoms with Crippen molar-refractivity contribution in [2.75, 3.05) is 0 Å². The molecule has 0 spiro atoms. The number of aromatic nitrogens is 1. The van der Waals surface area contributed by atoms with E-state index in [4.69, 9.17) is 10.5 Å². The largest absolute Gasteiger partial charge is 0.453 e. The Hall–Kier alpha value is -3.24. The van der Waals surface area contributed by atoms with E-state index >= 15 is 0 Å². The third kappa shape index (κ3) is 4.23. The summed E-state index contributed by atoms with van der Waals surface area (Å²) in [5, 5.41) is 10.7. The molecule has 0 radical (unpaired) electrons. The highest BCUT2D eigenvalue weighted by atomic mass is 19.1. The maximum Gasteiger partial charge on any atom is 0.272 e. The summed E-state index contributed by atoms with van der Waals surface area (Å²) in [6.07, 6.45) is 7.57. The van der Waals surface area contributed by atoms with Crippen LogP contribution >= 0.6 is 0 Å². The lowest BCUT2D eigenvalue weighted by Gasteiger charge is -2.14. The van der Waals surface area contributed by atoms with E-state index in [1.165, 1.54) is 24.5 Å². The van der Waals surface area contributed by atoms with Crippen LogP contribution in [0.2, 0.25) is 0 Å². The number of nitro benzene ring substituents is 1. The van der Waals surface area contributed by atoms with Crippen LogP contribution in [0, 0.1) is 27.8 Å². The Kier molecular flexibility index (Phi) is 5.25. The Morgan fingerprint density at radius 1 is 1.31 bits per heavy atom. The molecule has 1 aliphatic carbocycles. The molecule has 2 aromatic rings.